The third-order valence-corrected chi connectivity index (χ3v) is 3.18. The number of hydrogen-bond acceptors (Lipinski definition) is 4. The van der Waals surface area contributed by atoms with Crippen LogP contribution in [0.25, 0.3) is 0 Å². The van der Waals surface area contributed by atoms with Crippen molar-refractivity contribution in [2.75, 3.05) is 12.4 Å². The standard InChI is InChI=1S/C14H13BrN2O3/c1-20-12-6-5-9(8-16-12)13(14(18)19)17-11-4-2-3-10(15)7-11/h2-8,13,17H,1H3,(H,18,19). The highest BCUT2D eigenvalue weighted by Crippen LogP contribution is 2.23. The zero-order valence-corrected chi connectivity index (χ0v) is 12.3. The van der Waals surface area contributed by atoms with Gasteiger partial charge < -0.3 is 15.2 Å². The van der Waals surface area contributed by atoms with Crippen LogP contribution in [0, 0.1) is 0 Å². The van der Waals surface area contributed by atoms with Crippen molar-refractivity contribution in [1.29, 1.82) is 0 Å². The third kappa shape index (κ3) is 3.48. The minimum absolute atomic E-state index is 0.445. The summed E-state index contributed by atoms with van der Waals surface area (Å²) in [6.07, 6.45) is 1.49. The molecule has 104 valence electrons. The molecule has 0 saturated carbocycles. The van der Waals surface area contributed by atoms with Crippen LogP contribution < -0.4 is 10.1 Å². The molecule has 6 heteroatoms. The smallest absolute Gasteiger partial charge is 0.330 e. The second-order valence-electron chi connectivity index (χ2n) is 4.06. The number of halogens is 1. The summed E-state index contributed by atoms with van der Waals surface area (Å²) in [6, 6.07) is 9.75. The molecule has 1 heterocycles. The molecule has 2 N–H and O–H groups in total. The van der Waals surface area contributed by atoms with E-state index in [2.05, 4.69) is 26.2 Å². The Balaban J connectivity index is 2.24. The number of rotatable bonds is 5. The molecule has 0 radical (unpaired) electrons. The number of hydrogen-bond donors (Lipinski definition) is 2. The van der Waals surface area contributed by atoms with Gasteiger partial charge in [-0.3, -0.25) is 0 Å². The van der Waals surface area contributed by atoms with Crippen molar-refractivity contribution in [1.82, 2.24) is 4.98 Å². The fourth-order valence-electron chi connectivity index (χ4n) is 1.72. The topological polar surface area (TPSA) is 71.5 Å². The monoisotopic (exact) mass is 336 g/mol. The minimum Gasteiger partial charge on any atom is -0.481 e. The van der Waals surface area contributed by atoms with Gasteiger partial charge in [0, 0.05) is 28.0 Å². The van der Waals surface area contributed by atoms with E-state index in [0.29, 0.717) is 17.1 Å². The lowest BCUT2D eigenvalue weighted by molar-refractivity contribution is -0.138. The van der Waals surface area contributed by atoms with Crippen molar-refractivity contribution in [3.05, 3.63) is 52.6 Å². The van der Waals surface area contributed by atoms with Gasteiger partial charge in [-0.25, -0.2) is 9.78 Å². The number of carboxylic acids is 1. The third-order valence-electron chi connectivity index (χ3n) is 2.68. The Labute approximate surface area is 124 Å². The SMILES string of the molecule is COc1ccc(C(Nc2cccc(Br)c2)C(=O)O)cn1. The first-order valence-electron chi connectivity index (χ1n) is 5.85. The molecule has 2 rings (SSSR count). The maximum Gasteiger partial charge on any atom is 0.330 e. The number of methoxy groups -OCH3 is 1. The molecule has 20 heavy (non-hydrogen) atoms. The maximum absolute atomic E-state index is 11.4. The van der Waals surface area contributed by atoms with Crippen LogP contribution in [0.15, 0.2) is 47.1 Å². The van der Waals surface area contributed by atoms with Gasteiger partial charge in [-0.05, 0) is 24.3 Å². The summed E-state index contributed by atoms with van der Waals surface area (Å²) < 4.78 is 5.83. The van der Waals surface area contributed by atoms with Crippen molar-refractivity contribution in [3.8, 4) is 5.88 Å². The van der Waals surface area contributed by atoms with Crippen LogP contribution >= 0.6 is 15.9 Å². The van der Waals surface area contributed by atoms with Crippen LogP contribution in [0.5, 0.6) is 5.88 Å². The van der Waals surface area contributed by atoms with Crippen molar-refractivity contribution in [3.63, 3.8) is 0 Å². The molecular formula is C14H13BrN2O3. The number of carboxylic acid groups (broad SMARTS) is 1. The number of aromatic nitrogens is 1. The van der Waals surface area contributed by atoms with E-state index in [9.17, 15) is 9.90 Å². The van der Waals surface area contributed by atoms with Gasteiger partial charge in [-0.1, -0.05) is 22.0 Å². The number of pyridine rings is 1. The van der Waals surface area contributed by atoms with E-state index >= 15 is 0 Å². The molecule has 0 aliphatic carbocycles. The highest BCUT2D eigenvalue weighted by molar-refractivity contribution is 9.10. The Morgan fingerprint density at radius 3 is 2.75 bits per heavy atom. The van der Waals surface area contributed by atoms with Crippen molar-refractivity contribution >= 4 is 27.6 Å². The molecule has 0 aliphatic heterocycles. The summed E-state index contributed by atoms with van der Waals surface area (Å²) in [5, 5.41) is 12.3. The van der Waals surface area contributed by atoms with Crippen molar-refractivity contribution < 1.29 is 14.6 Å². The van der Waals surface area contributed by atoms with Gasteiger partial charge in [0.2, 0.25) is 5.88 Å². The van der Waals surface area contributed by atoms with Gasteiger partial charge in [-0.15, -0.1) is 0 Å². The van der Waals surface area contributed by atoms with Gasteiger partial charge in [0.25, 0.3) is 0 Å². The van der Waals surface area contributed by atoms with E-state index < -0.39 is 12.0 Å². The summed E-state index contributed by atoms with van der Waals surface area (Å²) in [5.41, 5.74) is 1.26. The Bertz CT molecular complexity index is 602. The minimum atomic E-state index is -0.975. The van der Waals surface area contributed by atoms with Crippen LogP contribution in [0.4, 0.5) is 5.69 Å². The van der Waals surface area contributed by atoms with E-state index in [-0.39, 0.29) is 0 Å². The molecule has 0 amide bonds. The zero-order valence-electron chi connectivity index (χ0n) is 10.7. The Kier molecular flexibility index (Phi) is 4.57. The van der Waals surface area contributed by atoms with Crippen LogP contribution in [0.3, 0.4) is 0 Å². The molecule has 0 fully saturated rings. The van der Waals surface area contributed by atoms with Gasteiger partial charge in [0.1, 0.15) is 0 Å². The normalized spacial score (nSPS) is 11.7. The average molecular weight is 337 g/mol. The first kappa shape index (κ1) is 14.3. The Morgan fingerprint density at radius 2 is 2.20 bits per heavy atom. The van der Waals surface area contributed by atoms with Crippen LogP contribution in [0.1, 0.15) is 11.6 Å². The van der Waals surface area contributed by atoms with E-state index in [1.54, 1.807) is 18.2 Å². The highest BCUT2D eigenvalue weighted by atomic mass is 79.9. The molecule has 0 aliphatic rings. The summed E-state index contributed by atoms with van der Waals surface area (Å²) >= 11 is 3.35. The largest absolute Gasteiger partial charge is 0.481 e. The molecule has 0 bridgehead atoms. The van der Waals surface area contributed by atoms with Crippen molar-refractivity contribution in [2.45, 2.75) is 6.04 Å². The molecule has 0 spiro atoms. The van der Waals surface area contributed by atoms with E-state index in [1.807, 2.05) is 18.2 Å². The lowest BCUT2D eigenvalue weighted by Crippen LogP contribution is -2.20. The number of ether oxygens (including phenoxy) is 1. The molecule has 1 aromatic heterocycles. The Morgan fingerprint density at radius 1 is 1.40 bits per heavy atom. The second-order valence-corrected chi connectivity index (χ2v) is 4.98. The molecule has 1 unspecified atom stereocenters. The summed E-state index contributed by atoms with van der Waals surface area (Å²) in [7, 11) is 1.51. The van der Waals surface area contributed by atoms with E-state index in [4.69, 9.17) is 4.74 Å². The number of nitrogens with one attached hydrogen (secondary N) is 1. The number of anilines is 1. The lowest BCUT2D eigenvalue weighted by atomic mass is 10.1. The molecule has 1 aromatic carbocycles. The van der Waals surface area contributed by atoms with Gasteiger partial charge in [0.05, 0.1) is 7.11 Å². The number of benzene rings is 1. The quantitative estimate of drug-likeness (QED) is 0.877. The fourth-order valence-corrected chi connectivity index (χ4v) is 2.12. The second kappa shape index (κ2) is 6.38. The van der Waals surface area contributed by atoms with Crippen LogP contribution in [0.2, 0.25) is 0 Å². The fraction of sp³-hybridized carbons (Fsp3) is 0.143. The average Bonchev–Trinajstić information content (AvgIpc) is 2.45. The van der Waals surface area contributed by atoms with E-state index in [1.165, 1.54) is 13.3 Å². The molecule has 0 saturated heterocycles. The maximum atomic E-state index is 11.4. The number of nitrogens with zero attached hydrogens (tertiary/aromatic N) is 1. The number of carbonyl (C=O) groups is 1. The predicted octanol–water partition coefficient (Wildman–Crippen LogP) is 3.09. The first-order chi connectivity index (χ1) is 9.60. The van der Waals surface area contributed by atoms with Gasteiger partial charge >= 0.3 is 5.97 Å². The van der Waals surface area contributed by atoms with Crippen LogP contribution in [-0.4, -0.2) is 23.2 Å². The van der Waals surface area contributed by atoms with Crippen LogP contribution in [-0.2, 0) is 4.79 Å². The predicted molar refractivity (Wildman–Crippen MR) is 78.9 cm³/mol. The molecule has 1 atom stereocenters. The molecule has 2 aromatic rings. The van der Waals surface area contributed by atoms with Gasteiger partial charge in [0.15, 0.2) is 6.04 Å². The van der Waals surface area contributed by atoms with Crippen molar-refractivity contribution in [2.24, 2.45) is 0 Å². The summed E-state index contributed by atoms with van der Waals surface area (Å²) in [6.45, 7) is 0. The zero-order chi connectivity index (χ0) is 14.5. The summed E-state index contributed by atoms with van der Waals surface area (Å²) in [4.78, 5) is 15.4. The molecule has 5 nitrogen and oxygen atoms in total. The van der Waals surface area contributed by atoms with E-state index in [0.717, 1.165) is 4.47 Å². The lowest BCUT2D eigenvalue weighted by Gasteiger charge is -2.16. The van der Waals surface area contributed by atoms with Gasteiger partial charge in [-0.2, -0.15) is 0 Å². The first-order valence-corrected chi connectivity index (χ1v) is 6.64. The summed E-state index contributed by atoms with van der Waals surface area (Å²) in [5.74, 6) is -0.530. The Hall–Kier alpha value is -2.08. The number of aliphatic carboxylic acids is 1. The molecular weight excluding hydrogens is 324 g/mol. The highest BCUT2D eigenvalue weighted by Gasteiger charge is 2.20.